The maximum Gasteiger partial charge on any atom is 0.222 e. The lowest BCUT2D eigenvalue weighted by Gasteiger charge is -2.24. The lowest BCUT2D eigenvalue weighted by molar-refractivity contribution is -0.131. The molecule has 1 aromatic rings. The normalized spacial score (nSPS) is 28.8. The van der Waals surface area contributed by atoms with Crippen LogP contribution in [0.2, 0.25) is 0 Å². The van der Waals surface area contributed by atoms with E-state index in [0.717, 1.165) is 29.3 Å². The van der Waals surface area contributed by atoms with Gasteiger partial charge in [0, 0.05) is 28.2 Å². The number of rotatable bonds is 4. The second kappa shape index (κ2) is 5.57. The molecule has 0 radical (unpaired) electrons. The van der Waals surface area contributed by atoms with Gasteiger partial charge in [-0.2, -0.15) is 0 Å². The van der Waals surface area contributed by atoms with Gasteiger partial charge in [-0.25, -0.2) is 0 Å². The molecule has 3 unspecified atom stereocenters. The summed E-state index contributed by atoms with van der Waals surface area (Å²) in [6.07, 6.45) is 6.23. The van der Waals surface area contributed by atoms with Crippen LogP contribution in [0.5, 0.6) is 0 Å². The molecule has 104 valence electrons. The van der Waals surface area contributed by atoms with Crippen LogP contribution in [0, 0.1) is 17.8 Å². The van der Waals surface area contributed by atoms with E-state index in [1.165, 1.54) is 30.6 Å². The summed E-state index contributed by atoms with van der Waals surface area (Å²) in [5, 5.41) is 2.07. The number of amides is 1. The van der Waals surface area contributed by atoms with Gasteiger partial charge in [0.25, 0.3) is 0 Å². The Morgan fingerprint density at radius 1 is 1.47 bits per heavy atom. The van der Waals surface area contributed by atoms with Gasteiger partial charge in [-0.05, 0) is 59.0 Å². The summed E-state index contributed by atoms with van der Waals surface area (Å²) in [7, 11) is 1.93. The highest BCUT2D eigenvalue weighted by Crippen LogP contribution is 2.49. The molecular weight excluding hydrogens is 322 g/mol. The summed E-state index contributed by atoms with van der Waals surface area (Å²) in [5.41, 5.74) is 0. The molecule has 1 aromatic heterocycles. The van der Waals surface area contributed by atoms with Crippen molar-refractivity contribution in [1.82, 2.24) is 4.90 Å². The van der Waals surface area contributed by atoms with Crippen molar-refractivity contribution >= 4 is 33.2 Å². The first-order chi connectivity index (χ1) is 9.11. The van der Waals surface area contributed by atoms with Gasteiger partial charge in [0.05, 0.1) is 6.54 Å². The first kappa shape index (κ1) is 13.6. The third-order valence-corrected chi connectivity index (χ3v) is 6.44. The number of halogens is 1. The van der Waals surface area contributed by atoms with Crippen molar-refractivity contribution < 1.29 is 4.79 Å². The molecule has 2 saturated carbocycles. The predicted octanol–water partition coefficient (Wildman–Crippen LogP) is 4.30. The fourth-order valence-corrected chi connectivity index (χ4v) is 5.27. The van der Waals surface area contributed by atoms with Crippen molar-refractivity contribution in [2.45, 2.75) is 38.6 Å². The summed E-state index contributed by atoms with van der Waals surface area (Å²) in [5.74, 6) is 2.77. The molecule has 4 heteroatoms. The Hall–Kier alpha value is -0.350. The van der Waals surface area contributed by atoms with E-state index in [1.807, 2.05) is 11.9 Å². The smallest absolute Gasteiger partial charge is 0.222 e. The average molecular weight is 342 g/mol. The van der Waals surface area contributed by atoms with Gasteiger partial charge in [-0.3, -0.25) is 4.79 Å². The average Bonchev–Trinajstić information content (AvgIpc) is 3.06. The van der Waals surface area contributed by atoms with Crippen molar-refractivity contribution in [3.63, 3.8) is 0 Å². The maximum atomic E-state index is 12.3. The van der Waals surface area contributed by atoms with Crippen LogP contribution in [0.15, 0.2) is 15.9 Å². The lowest BCUT2D eigenvalue weighted by atomic mass is 9.86. The topological polar surface area (TPSA) is 20.3 Å². The summed E-state index contributed by atoms with van der Waals surface area (Å²) in [6, 6.07) is 2.10. The zero-order valence-corrected chi connectivity index (χ0v) is 13.7. The molecule has 0 saturated heterocycles. The molecule has 2 nitrogen and oxygen atoms in total. The van der Waals surface area contributed by atoms with Gasteiger partial charge < -0.3 is 4.90 Å². The van der Waals surface area contributed by atoms with Gasteiger partial charge in [0.2, 0.25) is 5.91 Å². The van der Waals surface area contributed by atoms with E-state index in [-0.39, 0.29) is 0 Å². The van der Waals surface area contributed by atoms with Crippen molar-refractivity contribution in [2.75, 3.05) is 7.05 Å². The molecule has 2 aliphatic carbocycles. The number of hydrogen-bond acceptors (Lipinski definition) is 2. The highest BCUT2D eigenvalue weighted by Gasteiger charge is 2.40. The fraction of sp³-hybridized carbons (Fsp3) is 0.667. The van der Waals surface area contributed by atoms with Crippen molar-refractivity contribution in [3.05, 3.63) is 20.8 Å². The van der Waals surface area contributed by atoms with Gasteiger partial charge in [0.1, 0.15) is 0 Å². The van der Waals surface area contributed by atoms with Crippen LogP contribution in [0.3, 0.4) is 0 Å². The van der Waals surface area contributed by atoms with Crippen LogP contribution in [0.1, 0.15) is 37.0 Å². The van der Waals surface area contributed by atoms with Crippen LogP contribution >= 0.6 is 27.3 Å². The third-order valence-electron chi connectivity index (χ3n) is 4.76. The first-order valence-corrected chi connectivity index (χ1v) is 8.76. The molecule has 2 aliphatic rings. The van der Waals surface area contributed by atoms with E-state index >= 15 is 0 Å². The number of thiophene rings is 1. The Morgan fingerprint density at radius 2 is 2.32 bits per heavy atom. The van der Waals surface area contributed by atoms with Crippen molar-refractivity contribution in [3.8, 4) is 0 Å². The number of carbonyl (C=O) groups is 1. The number of hydrogen-bond donors (Lipinski definition) is 0. The standard InChI is InChI=1S/C15H20BrNOS/c1-17(8-14-7-13(16)9-19-14)15(18)6-12-5-10-2-3-11(12)4-10/h7,9-12H,2-6,8H2,1H3. The summed E-state index contributed by atoms with van der Waals surface area (Å²) < 4.78 is 1.11. The zero-order chi connectivity index (χ0) is 13.4. The molecule has 2 fully saturated rings. The van der Waals surface area contributed by atoms with Gasteiger partial charge >= 0.3 is 0 Å². The summed E-state index contributed by atoms with van der Waals surface area (Å²) in [4.78, 5) is 15.4. The first-order valence-electron chi connectivity index (χ1n) is 7.08. The SMILES string of the molecule is CN(Cc1cc(Br)cs1)C(=O)CC1CC2CCC1C2. The van der Waals surface area contributed by atoms with E-state index in [4.69, 9.17) is 0 Å². The predicted molar refractivity (Wildman–Crippen MR) is 82.0 cm³/mol. The molecule has 0 aromatic carbocycles. The third kappa shape index (κ3) is 3.05. The van der Waals surface area contributed by atoms with Crippen LogP contribution in [-0.2, 0) is 11.3 Å². The number of carbonyl (C=O) groups excluding carboxylic acids is 1. The van der Waals surface area contributed by atoms with E-state index in [2.05, 4.69) is 27.4 Å². The van der Waals surface area contributed by atoms with Crippen LogP contribution in [-0.4, -0.2) is 17.9 Å². The lowest BCUT2D eigenvalue weighted by Crippen LogP contribution is -2.29. The van der Waals surface area contributed by atoms with Gasteiger partial charge in [-0.1, -0.05) is 6.42 Å². The largest absolute Gasteiger partial charge is 0.341 e. The molecule has 1 amide bonds. The van der Waals surface area contributed by atoms with Gasteiger partial charge in [-0.15, -0.1) is 11.3 Å². The molecule has 0 spiro atoms. The molecule has 3 rings (SSSR count). The highest BCUT2D eigenvalue weighted by molar-refractivity contribution is 9.10. The van der Waals surface area contributed by atoms with E-state index < -0.39 is 0 Å². The Balaban J connectivity index is 1.52. The zero-order valence-electron chi connectivity index (χ0n) is 11.3. The molecule has 1 heterocycles. The van der Waals surface area contributed by atoms with Crippen LogP contribution in [0.4, 0.5) is 0 Å². The molecular formula is C15H20BrNOS. The second-order valence-corrected chi connectivity index (χ2v) is 8.03. The molecule has 3 atom stereocenters. The highest BCUT2D eigenvalue weighted by atomic mass is 79.9. The molecule has 0 N–H and O–H groups in total. The Morgan fingerprint density at radius 3 is 2.89 bits per heavy atom. The monoisotopic (exact) mass is 341 g/mol. The Labute approximate surface area is 127 Å². The van der Waals surface area contributed by atoms with E-state index in [1.54, 1.807) is 11.3 Å². The van der Waals surface area contributed by atoms with Crippen LogP contribution < -0.4 is 0 Å². The fourth-order valence-electron chi connectivity index (χ4n) is 3.77. The van der Waals surface area contributed by atoms with E-state index in [0.29, 0.717) is 11.8 Å². The second-order valence-electron chi connectivity index (χ2n) is 6.12. The Kier molecular flexibility index (Phi) is 3.99. The van der Waals surface area contributed by atoms with Gasteiger partial charge in [0.15, 0.2) is 0 Å². The minimum Gasteiger partial charge on any atom is -0.341 e. The quantitative estimate of drug-likeness (QED) is 0.799. The molecule has 19 heavy (non-hydrogen) atoms. The summed E-state index contributed by atoms with van der Waals surface area (Å²) >= 11 is 5.17. The van der Waals surface area contributed by atoms with Crippen LogP contribution in [0.25, 0.3) is 0 Å². The van der Waals surface area contributed by atoms with Crippen molar-refractivity contribution in [2.24, 2.45) is 17.8 Å². The number of fused-ring (bicyclic) bond motifs is 2. The van der Waals surface area contributed by atoms with E-state index in [9.17, 15) is 4.79 Å². The minimum atomic E-state index is 0.321. The summed E-state index contributed by atoms with van der Waals surface area (Å²) in [6.45, 7) is 0.746. The maximum absolute atomic E-state index is 12.3. The molecule has 0 aliphatic heterocycles. The minimum absolute atomic E-state index is 0.321. The molecule has 2 bridgehead atoms. The number of nitrogens with zero attached hydrogens (tertiary/aromatic N) is 1. The van der Waals surface area contributed by atoms with Crippen molar-refractivity contribution in [1.29, 1.82) is 0 Å². The Bertz CT molecular complexity index is 472.